The highest BCUT2D eigenvalue weighted by Gasteiger charge is 2.66. The third kappa shape index (κ3) is 4.38. The molecule has 0 saturated heterocycles. The second-order valence-corrected chi connectivity index (χ2v) is 14.9. The average molecular weight is 557 g/mol. The Labute approximate surface area is 235 Å². The fraction of sp³-hybridized carbons (Fsp3) is 0.677. The summed E-state index contributed by atoms with van der Waals surface area (Å²) in [6, 6.07) is 0. The molecule has 38 heavy (non-hydrogen) atoms. The van der Waals surface area contributed by atoms with Crippen molar-refractivity contribution in [3.05, 3.63) is 47.2 Å². The number of ketones is 1. The van der Waals surface area contributed by atoms with Crippen LogP contribution in [0.2, 0.25) is 0 Å². The number of carbonyl (C=O) groups is 1. The molecule has 4 aliphatic carbocycles. The first kappa shape index (κ1) is 28.2. The van der Waals surface area contributed by atoms with Crippen LogP contribution in [0.5, 0.6) is 0 Å². The Hall–Kier alpha value is -1.36. The molecule has 5 rings (SSSR count). The van der Waals surface area contributed by atoms with Gasteiger partial charge < -0.3 is 9.84 Å². The van der Waals surface area contributed by atoms with Gasteiger partial charge >= 0.3 is 0 Å². The molecule has 3 saturated carbocycles. The van der Waals surface area contributed by atoms with Gasteiger partial charge in [-0.3, -0.25) is 9.48 Å². The molecule has 1 heterocycles. The molecule has 0 amide bonds. The van der Waals surface area contributed by atoms with Crippen LogP contribution in [-0.4, -0.2) is 38.0 Å². The van der Waals surface area contributed by atoms with Crippen LogP contribution in [-0.2, 0) is 22.5 Å². The zero-order valence-electron chi connectivity index (χ0n) is 23.8. The second-order valence-electron chi connectivity index (χ2n) is 12.9. The Morgan fingerprint density at radius 2 is 2.13 bits per heavy atom. The standard InChI is InChI=1S/C31H45N2O3PS/c1-7-23(36-19(2)17-38-18-37)16-33-15-21-13-29(4)22(12-26(21)32-33)8-9-24-25-10-11-30(5,20(3)34)31(25,6)14-27(35)28(24)29/h7,12,15,24-25,27-28,35H,2,8-11,13-14,16-18,37H2,1,3-6H3/b23-7-/t24?,25?,27?,28?,29?,30-,31?/m1/s1. The van der Waals surface area contributed by atoms with Crippen LogP contribution in [0, 0.1) is 34.0 Å². The lowest BCUT2D eigenvalue weighted by Crippen LogP contribution is -2.59. The molecule has 5 nitrogen and oxygen atoms in total. The minimum atomic E-state index is -0.392. The number of carbonyl (C=O) groups excluding carboxylic acids is 1. The van der Waals surface area contributed by atoms with Crippen LogP contribution in [0.15, 0.2) is 35.9 Å². The number of aromatic nitrogens is 2. The predicted octanol–water partition coefficient (Wildman–Crippen LogP) is 6.63. The monoisotopic (exact) mass is 556 g/mol. The van der Waals surface area contributed by atoms with Crippen LogP contribution in [0.1, 0.15) is 78.0 Å². The van der Waals surface area contributed by atoms with Gasteiger partial charge in [-0.15, -0.1) is 21.0 Å². The van der Waals surface area contributed by atoms with Crippen molar-refractivity contribution in [3.8, 4) is 0 Å². The highest BCUT2D eigenvalue weighted by Crippen LogP contribution is 2.69. The van der Waals surface area contributed by atoms with Gasteiger partial charge in [-0.05, 0) is 98.7 Å². The summed E-state index contributed by atoms with van der Waals surface area (Å²) in [5.74, 6) is 3.86. The second kappa shape index (κ2) is 10.2. The molecule has 7 unspecified atom stereocenters. The van der Waals surface area contributed by atoms with E-state index in [1.54, 1.807) is 18.7 Å². The van der Waals surface area contributed by atoms with Gasteiger partial charge in [0.25, 0.3) is 0 Å². The van der Waals surface area contributed by atoms with Crippen molar-refractivity contribution in [2.75, 3.05) is 11.2 Å². The predicted molar refractivity (Wildman–Crippen MR) is 159 cm³/mol. The van der Waals surface area contributed by atoms with Crippen LogP contribution in [0.3, 0.4) is 0 Å². The van der Waals surface area contributed by atoms with Gasteiger partial charge in [-0.1, -0.05) is 32.9 Å². The lowest BCUT2D eigenvalue weighted by molar-refractivity contribution is -0.155. The first-order chi connectivity index (χ1) is 18.0. The van der Waals surface area contributed by atoms with Gasteiger partial charge in [0.1, 0.15) is 17.3 Å². The van der Waals surface area contributed by atoms with E-state index >= 15 is 0 Å². The van der Waals surface area contributed by atoms with Gasteiger partial charge in [-0.2, -0.15) is 5.10 Å². The number of hydrogen-bond donors (Lipinski definition) is 1. The van der Waals surface area contributed by atoms with Gasteiger partial charge in [0.2, 0.25) is 0 Å². The van der Waals surface area contributed by atoms with E-state index in [4.69, 9.17) is 9.84 Å². The molecule has 7 heteroatoms. The maximum atomic E-state index is 12.8. The number of thioether (sulfide) groups is 1. The fourth-order valence-corrected chi connectivity index (χ4v) is 9.63. The topological polar surface area (TPSA) is 64.3 Å². The molecule has 1 aromatic rings. The summed E-state index contributed by atoms with van der Waals surface area (Å²) >= 11 is 1.77. The van der Waals surface area contributed by atoms with Crippen molar-refractivity contribution in [3.63, 3.8) is 0 Å². The van der Waals surface area contributed by atoms with Gasteiger partial charge in [0.15, 0.2) is 0 Å². The molecule has 0 radical (unpaired) electrons. The molecular formula is C31H45N2O3PS. The average Bonchev–Trinajstić information content (AvgIpc) is 3.36. The third-order valence-corrected chi connectivity index (χ3v) is 12.6. The highest BCUT2D eigenvalue weighted by atomic mass is 32.2. The third-order valence-electron chi connectivity index (χ3n) is 11.1. The minimum absolute atomic E-state index is 0.0800. The normalized spacial score (nSPS) is 38.0. The molecular weight excluding hydrogens is 511 g/mol. The Morgan fingerprint density at radius 3 is 2.82 bits per heavy atom. The number of allylic oxidation sites excluding steroid dienone is 3. The fourth-order valence-electron chi connectivity index (χ4n) is 8.87. The van der Waals surface area contributed by atoms with Crippen LogP contribution in [0.4, 0.5) is 0 Å². The summed E-state index contributed by atoms with van der Waals surface area (Å²) < 4.78 is 8.02. The Kier molecular flexibility index (Phi) is 7.59. The van der Waals surface area contributed by atoms with E-state index in [0.717, 1.165) is 67.0 Å². The van der Waals surface area contributed by atoms with Gasteiger partial charge in [0.05, 0.1) is 24.1 Å². The number of hydrogen-bond acceptors (Lipinski definition) is 5. The van der Waals surface area contributed by atoms with Crippen molar-refractivity contribution < 1.29 is 14.6 Å². The first-order valence-corrected chi connectivity index (χ1v) is 16.2. The van der Waals surface area contributed by atoms with Gasteiger partial charge in [0, 0.05) is 17.1 Å². The van der Waals surface area contributed by atoms with Crippen molar-refractivity contribution in [2.45, 2.75) is 85.8 Å². The maximum Gasteiger partial charge on any atom is 0.136 e. The lowest BCUT2D eigenvalue weighted by Gasteiger charge is -2.61. The van der Waals surface area contributed by atoms with Crippen molar-refractivity contribution in [2.24, 2.45) is 34.0 Å². The quantitative estimate of drug-likeness (QED) is 0.288. The zero-order valence-corrected chi connectivity index (χ0v) is 25.7. The van der Waals surface area contributed by atoms with Crippen LogP contribution >= 0.6 is 21.0 Å². The van der Waals surface area contributed by atoms with Crippen molar-refractivity contribution in [1.82, 2.24) is 9.78 Å². The highest BCUT2D eigenvalue weighted by molar-refractivity contribution is 8.02. The Morgan fingerprint density at radius 1 is 1.37 bits per heavy atom. The zero-order chi connectivity index (χ0) is 27.5. The largest absolute Gasteiger partial charge is 0.464 e. The number of rotatable bonds is 8. The van der Waals surface area contributed by atoms with E-state index in [2.05, 4.69) is 48.9 Å². The molecule has 0 aromatic carbocycles. The number of nitrogens with zero attached hydrogens (tertiary/aromatic N) is 2. The minimum Gasteiger partial charge on any atom is -0.464 e. The molecule has 3 fully saturated rings. The summed E-state index contributed by atoms with van der Waals surface area (Å²) in [6.45, 7) is 15.2. The number of ether oxygens (including phenoxy) is 1. The molecule has 0 bridgehead atoms. The molecule has 208 valence electrons. The van der Waals surface area contributed by atoms with E-state index in [1.807, 2.05) is 17.7 Å². The molecule has 0 spiro atoms. The van der Waals surface area contributed by atoms with Crippen LogP contribution < -0.4 is 0 Å². The van der Waals surface area contributed by atoms with E-state index in [1.165, 1.54) is 11.1 Å². The van der Waals surface area contributed by atoms with Crippen molar-refractivity contribution in [1.29, 1.82) is 0 Å². The van der Waals surface area contributed by atoms with E-state index in [0.29, 0.717) is 24.2 Å². The smallest absolute Gasteiger partial charge is 0.136 e. The van der Waals surface area contributed by atoms with E-state index < -0.39 is 6.10 Å². The lowest BCUT2D eigenvalue weighted by atomic mass is 9.44. The SMILES string of the molecule is C=C(CSCP)O/C(=C\C)Cn1cc2c(n1)C=C1CCC3C(C(O)CC4(C)C3CC[C@]4(C)C(C)=O)C1(C)C2. The van der Waals surface area contributed by atoms with Crippen molar-refractivity contribution >= 4 is 32.9 Å². The van der Waals surface area contributed by atoms with E-state index in [9.17, 15) is 9.90 Å². The summed E-state index contributed by atoms with van der Waals surface area (Å²) in [5.41, 5.74) is 4.19. The molecule has 8 atom stereocenters. The number of aliphatic hydroxyl groups excluding tert-OH is 1. The van der Waals surface area contributed by atoms with E-state index in [-0.39, 0.29) is 22.2 Å². The molecule has 1 N–H and O–H groups in total. The summed E-state index contributed by atoms with van der Waals surface area (Å²) in [6.07, 6.45) is 11.9. The summed E-state index contributed by atoms with van der Waals surface area (Å²) in [4.78, 5) is 12.8. The molecule has 0 aliphatic heterocycles. The molecule has 1 aromatic heterocycles. The van der Waals surface area contributed by atoms with Crippen LogP contribution in [0.25, 0.3) is 6.08 Å². The number of aliphatic hydroxyl groups is 1. The Bertz CT molecular complexity index is 1190. The number of Topliss-reactive ketones (excluding diaryl/α,β-unsaturated/α-hetero) is 1. The summed E-state index contributed by atoms with van der Waals surface area (Å²) in [5, 5.41) is 16.7. The number of fused-ring (bicyclic) bond motifs is 6. The van der Waals surface area contributed by atoms with Gasteiger partial charge in [-0.25, -0.2) is 0 Å². The first-order valence-electron chi connectivity index (χ1n) is 14.2. The molecule has 4 aliphatic rings. The summed E-state index contributed by atoms with van der Waals surface area (Å²) in [7, 11) is 2.71. The Balaban J connectivity index is 1.38. The maximum absolute atomic E-state index is 12.8.